The maximum atomic E-state index is 8.48. The van der Waals surface area contributed by atoms with Crippen LogP contribution >= 0.6 is 0 Å². The van der Waals surface area contributed by atoms with Crippen LogP contribution in [0.5, 0.6) is 0 Å². The average molecular weight is 168 g/mol. The summed E-state index contributed by atoms with van der Waals surface area (Å²) in [5.41, 5.74) is 1.22. The van der Waals surface area contributed by atoms with Crippen LogP contribution in [0.3, 0.4) is 0 Å². The van der Waals surface area contributed by atoms with E-state index in [4.69, 9.17) is 9.84 Å². The van der Waals surface area contributed by atoms with E-state index in [0.717, 1.165) is 6.42 Å². The second-order valence-electron chi connectivity index (χ2n) is 3.13. The Kier molecular flexibility index (Phi) is 4.05. The summed E-state index contributed by atoms with van der Waals surface area (Å²) in [5, 5.41) is 8.48. The van der Waals surface area contributed by atoms with E-state index in [1.807, 2.05) is 0 Å². The Morgan fingerprint density at radius 3 is 3.08 bits per heavy atom. The molecule has 0 radical (unpaired) electrons. The Hall–Kier alpha value is -0.600. The van der Waals surface area contributed by atoms with Crippen molar-refractivity contribution < 1.29 is 9.84 Å². The van der Waals surface area contributed by atoms with Crippen molar-refractivity contribution in [2.75, 3.05) is 19.8 Å². The summed E-state index contributed by atoms with van der Waals surface area (Å²) in [6, 6.07) is 0. The van der Waals surface area contributed by atoms with Crippen LogP contribution in [0.1, 0.15) is 13.3 Å². The van der Waals surface area contributed by atoms with Crippen LogP contribution in [0.4, 0.5) is 0 Å². The predicted molar refractivity (Wildman–Crippen MR) is 48.9 cm³/mol. The van der Waals surface area contributed by atoms with Gasteiger partial charge in [0.15, 0.2) is 0 Å². The van der Waals surface area contributed by atoms with E-state index < -0.39 is 0 Å². The van der Waals surface area contributed by atoms with E-state index in [2.05, 4.69) is 25.2 Å². The summed E-state index contributed by atoms with van der Waals surface area (Å²) in [6.07, 6.45) is 7.60. The first kappa shape index (κ1) is 9.49. The molecule has 68 valence electrons. The van der Waals surface area contributed by atoms with E-state index in [9.17, 15) is 0 Å². The van der Waals surface area contributed by atoms with E-state index >= 15 is 0 Å². The molecule has 0 aromatic rings. The molecule has 1 rings (SSSR count). The first-order valence-electron chi connectivity index (χ1n) is 4.38. The number of hydrogen-bond acceptors (Lipinski definition) is 2. The van der Waals surface area contributed by atoms with Crippen molar-refractivity contribution in [3.63, 3.8) is 0 Å². The molecular formula is C10H16O2. The van der Waals surface area contributed by atoms with Gasteiger partial charge in [-0.3, -0.25) is 0 Å². The van der Waals surface area contributed by atoms with Crippen molar-refractivity contribution in [3.05, 3.63) is 23.8 Å². The van der Waals surface area contributed by atoms with Crippen molar-refractivity contribution in [2.24, 2.45) is 5.92 Å². The smallest absolute Gasteiger partial charge is 0.0714 e. The summed E-state index contributed by atoms with van der Waals surface area (Å²) in [6.45, 7) is 3.36. The molecule has 1 atom stereocenters. The molecule has 0 spiro atoms. The SMILES string of the molecule is CC1C=CC(COCCO)=CC1. The van der Waals surface area contributed by atoms with Crippen LogP contribution in [0, 0.1) is 5.92 Å². The minimum absolute atomic E-state index is 0.105. The highest BCUT2D eigenvalue weighted by Gasteiger charge is 2.02. The van der Waals surface area contributed by atoms with Crippen molar-refractivity contribution in [1.82, 2.24) is 0 Å². The summed E-state index contributed by atoms with van der Waals surface area (Å²) in [4.78, 5) is 0. The molecule has 1 aliphatic rings. The quantitative estimate of drug-likeness (QED) is 0.645. The van der Waals surface area contributed by atoms with Gasteiger partial charge in [-0.25, -0.2) is 0 Å². The molecule has 0 fully saturated rings. The van der Waals surface area contributed by atoms with Gasteiger partial charge in [0.05, 0.1) is 19.8 Å². The fraction of sp³-hybridized carbons (Fsp3) is 0.600. The van der Waals surface area contributed by atoms with Crippen LogP contribution in [0.2, 0.25) is 0 Å². The highest BCUT2D eigenvalue weighted by atomic mass is 16.5. The van der Waals surface area contributed by atoms with Gasteiger partial charge in [0.2, 0.25) is 0 Å². The topological polar surface area (TPSA) is 29.5 Å². The zero-order valence-corrected chi connectivity index (χ0v) is 7.49. The van der Waals surface area contributed by atoms with Crippen molar-refractivity contribution >= 4 is 0 Å². The monoisotopic (exact) mass is 168 g/mol. The summed E-state index contributed by atoms with van der Waals surface area (Å²) in [5.74, 6) is 0.659. The first-order valence-corrected chi connectivity index (χ1v) is 4.38. The third kappa shape index (κ3) is 3.20. The van der Waals surface area contributed by atoms with E-state index in [1.54, 1.807) is 0 Å². The number of allylic oxidation sites excluding steroid dienone is 2. The Bertz CT molecular complexity index is 182. The van der Waals surface area contributed by atoms with Gasteiger partial charge in [0.25, 0.3) is 0 Å². The fourth-order valence-corrected chi connectivity index (χ4v) is 1.13. The molecule has 0 heterocycles. The Morgan fingerprint density at radius 1 is 1.67 bits per heavy atom. The van der Waals surface area contributed by atoms with Gasteiger partial charge >= 0.3 is 0 Å². The molecule has 1 unspecified atom stereocenters. The Balaban J connectivity index is 2.21. The maximum Gasteiger partial charge on any atom is 0.0714 e. The lowest BCUT2D eigenvalue weighted by Gasteiger charge is -2.11. The summed E-state index contributed by atoms with van der Waals surface area (Å²) < 4.78 is 5.19. The largest absolute Gasteiger partial charge is 0.394 e. The average Bonchev–Trinajstić information content (AvgIpc) is 2.09. The van der Waals surface area contributed by atoms with Crippen molar-refractivity contribution in [2.45, 2.75) is 13.3 Å². The van der Waals surface area contributed by atoms with Gasteiger partial charge in [0.1, 0.15) is 0 Å². The van der Waals surface area contributed by atoms with E-state index in [0.29, 0.717) is 19.1 Å². The molecule has 0 aliphatic heterocycles. The number of ether oxygens (including phenoxy) is 1. The number of aliphatic hydroxyl groups excluding tert-OH is 1. The second kappa shape index (κ2) is 5.12. The van der Waals surface area contributed by atoms with E-state index in [1.165, 1.54) is 5.57 Å². The molecular weight excluding hydrogens is 152 g/mol. The summed E-state index contributed by atoms with van der Waals surface area (Å²) in [7, 11) is 0. The van der Waals surface area contributed by atoms with Crippen LogP contribution < -0.4 is 0 Å². The zero-order valence-electron chi connectivity index (χ0n) is 7.49. The lowest BCUT2D eigenvalue weighted by molar-refractivity contribution is 0.109. The molecule has 2 heteroatoms. The third-order valence-electron chi connectivity index (χ3n) is 1.90. The first-order chi connectivity index (χ1) is 5.83. The third-order valence-corrected chi connectivity index (χ3v) is 1.90. The summed E-state index contributed by atoms with van der Waals surface area (Å²) >= 11 is 0. The molecule has 1 aliphatic carbocycles. The highest BCUT2D eigenvalue weighted by molar-refractivity contribution is 5.23. The molecule has 2 nitrogen and oxygen atoms in total. The standard InChI is InChI=1S/C10H16O2/c1-9-2-4-10(5-3-9)8-12-7-6-11/h2,4-5,9,11H,3,6-8H2,1H3. The normalized spacial score (nSPS) is 22.5. The molecule has 1 N–H and O–H groups in total. The van der Waals surface area contributed by atoms with Gasteiger partial charge in [-0.1, -0.05) is 25.2 Å². The predicted octanol–water partition coefficient (Wildman–Crippen LogP) is 1.52. The molecule has 12 heavy (non-hydrogen) atoms. The molecule has 0 aromatic heterocycles. The lowest BCUT2D eigenvalue weighted by atomic mass is 9.99. The molecule has 0 bridgehead atoms. The maximum absolute atomic E-state index is 8.48. The van der Waals surface area contributed by atoms with Gasteiger partial charge in [-0.2, -0.15) is 0 Å². The van der Waals surface area contributed by atoms with Gasteiger partial charge in [0, 0.05) is 0 Å². The van der Waals surface area contributed by atoms with Crippen molar-refractivity contribution in [3.8, 4) is 0 Å². The molecule has 0 saturated carbocycles. The molecule has 0 saturated heterocycles. The van der Waals surface area contributed by atoms with Crippen LogP contribution in [0.15, 0.2) is 23.8 Å². The van der Waals surface area contributed by atoms with Crippen LogP contribution in [0.25, 0.3) is 0 Å². The Labute approximate surface area is 73.5 Å². The fourth-order valence-electron chi connectivity index (χ4n) is 1.13. The van der Waals surface area contributed by atoms with Crippen molar-refractivity contribution in [1.29, 1.82) is 0 Å². The number of rotatable bonds is 4. The lowest BCUT2D eigenvalue weighted by Crippen LogP contribution is -2.04. The Morgan fingerprint density at radius 2 is 2.50 bits per heavy atom. The van der Waals surface area contributed by atoms with Crippen LogP contribution in [-0.4, -0.2) is 24.9 Å². The number of aliphatic hydroxyl groups is 1. The minimum Gasteiger partial charge on any atom is -0.394 e. The van der Waals surface area contributed by atoms with E-state index in [-0.39, 0.29) is 6.61 Å². The molecule has 0 amide bonds. The minimum atomic E-state index is 0.105. The zero-order chi connectivity index (χ0) is 8.81. The molecule has 0 aromatic carbocycles. The number of hydrogen-bond donors (Lipinski definition) is 1. The van der Waals surface area contributed by atoms with Gasteiger partial charge < -0.3 is 9.84 Å². The second-order valence-corrected chi connectivity index (χ2v) is 3.13. The van der Waals surface area contributed by atoms with Gasteiger partial charge in [-0.05, 0) is 17.9 Å². The van der Waals surface area contributed by atoms with Gasteiger partial charge in [-0.15, -0.1) is 0 Å². The highest BCUT2D eigenvalue weighted by Crippen LogP contribution is 2.15. The van der Waals surface area contributed by atoms with Crippen LogP contribution in [-0.2, 0) is 4.74 Å².